The highest BCUT2D eigenvalue weighted by Gasteiger charge is 2.47. The first-order chi connectivity index (χ1) is 9.20. The molecule has 3 nitrogen and oxygen atoms in total. The van der Waals surface area contributed by atoms with Crippen molar-refractivity contribution >= 4 is 15.9 Å². The molecule has 1 aliphatic rings. The van der Waals surface area contributed by atoms with Crippen molar-refractivity contribution in [3.05, 3.63) is 58.3 Å². The number of pyridine rings is 1. The predicted octanol–water partition coefficient (Wildman–Crippen LogP) is 3.58. The lowest BCUT2D eigenvalue weighted by atomic mass is 10.1. The van der Waals surface area contributed by atoms with Crippen LogP contribution >= 0.6 is 15.9 Å². The van der Waals surface area contributed by atoms with Crippen molar-refractivity contribution in [1.82, 2.24) is 9.88 Å². The summed E-state index contributed by atoms with van der Waals surface area (Å²) in [7, 11) is 3.81. The van der Waals surface area contributed by atoms with Gasteiger partial charge in [-0.3, -0.25) is 9.88 Å². The fourth-order valence-electron chi connectivity index (χ4n) is 2.51. The summed E-state index contributed by atoms with van der Waals surface area (Å²) in [4.78, 5) is 6.78. The van der Waals surface area contributed by atoms with E-state index in [4.69, 9.17) is 4.74 Å². The van der Waals surface area contributed by atoms with Crippen LogP contribution in [0.1, 0.15) is 23.3 Å². The Morgan fingerprint density at radius 2 is 1.89 bits per heavy atom. The zero-order chi connectivity index (χ0) is 13.4. The van der Waals surface area contributed by atoms with Gasteiger partial charge in [-0.15, -0.1) is 0 Å². The summed E-state index contributed by atoms with van der Waals surface area (Å²) >= 11 is 3.50. The Morgan fingerprint density at radius 3 is 2.53 bits per heavy atom. The number of benzene rings is 1. The van der Waals surface area contributed by atoms with Crippen LogP contribution < -0.4 is 4.74 Å². The first kappa shape index (κ1) is 12.6. The lowest BCUT2D eigenvalue weighted by Gasteiger charge is -2.02. The highest BCUT2D eigenvalue weighted by molar-refractivity contribution is 9.10. The molecule has 0 saturated carbocycles. The lowest BCUT2D eigenvalue weighted by Crippen LogP contribution is -1.90. The fraction of sp³-hybridized carbons (Fsp3) is 0.267. The highest BCUT2D eigenvalue weighted by atomic mass is 79.9. The summed E-state index contributed by atoms with van der Waals surface area (Å²) in [6.45, 7) is 0. The van der Waals surface area contributed by atoms with E-state index in [2.05, 4.69) is 51.1 Å². The quantitative estimate of drug-likeness (QED) is 0.809. The number of rotatable bonds is 3. The van der Waals surface area contributed by atoms with Crippen LogP contribution in [0.5, 0.6) is 5.75 Å². The Kier molecular flexibility index (Phi) is 3.29. The first-order valence-electron chi connectivity index (χ1n) is 6.18. The predicted molar refractivity (Wildman–Crippen MR) is 78.2 cm³/mol. The molecule has 0 amide bonds. The van der Waals surface area contributed by atoms with Gasteiger partial charge in [0.1, 0.15) is 5.75 Å². The third kappa shape index (κ3) is 2.38. The van der Waals surface area contributed by atoms with Crippen molar-refractivity contribution in [3.8, 4) is 5.75 Å². The Morgan fingerprint density at radius 1 is 1.16 bits per heavy atom. The average molecular weight is 319 g/mol. The SMILES string of the molecule is COc1ccc(C2C(c3cc(Br)ccn3)N2C)cc1. The summed E-state index contributed by atoms with van der Waals surface area (Å²) in [5.74, 6) is 0.893. The van der Waals surface area contributed by atoms with Gasteiger partial charge in [0.05, 0.1) is 24.9 Å². The molecule has 98 valence electrons. The van der Waals surface area contributed by atoms with E-state index < -0.39 is 0 Å². The van der Waals surface area contributed by atoms with E-state index in [-0.39, 0.29) is 0 Å². The molecule has 3 atom stereocenters. The minimum absolute atomic E-state index is 0.367. The highest BCUT2D eigenvalue weighted by Crippen LogP contribution is 2.52. The van der Waals surface area contributed by atoms with Crippen LogP contribution in [0.4, 0.5) is 0 Å². The molecule has 1 aromatic heterocycles. The molecule has 1 aliphatic heterocycles. The molecule has 1 fully saturated rings. The van der Waals surface area contributed by atoms with Crippen LogP contribution in [0, 0.1) is 0 Å². The fourth-order valence-corrected chi connectivity index (χ4v) is 2.86. The van der Waals surface area contributed by atoms with Gasteiger partial charge in [0.15, 0.2) is 0 Å². The molecule has 3 unspecified atom stereocenters. The van der Waals surface area contributed by atoms with E-state index in [1.807, 2.05) is 24.4 Å². The van der Waals surface area contributed by atoms with E-state index in [0.29, 0.717) is 12.1 Å². The Hall–Kier alpha value is -1.39. The normalized spacial score (nSPS) is 25.1. The summed E-state index contributed by atoms with van der Waals surface area (Å²) in [5, 5.41) is 0. The molecule has 1 aromatic carbocycles. The number of hydrogen-bond donors (Lipinski definition) is 0. The molecule has 0 spiro atoms. The van der Waals surface area contributed by atoms with Gasteiger partial charge in [-0.2, -0.15) is 0 Å². The number of likely N-dealkylation sites (N-methyl/N-ethyl adjacent to an activating group) is 1. The van der Waals surface area contributed by atoms with Gasteiger partial charge in [-0.1, -0.05) is 28.1 Å². The number of aromatic nitrogens is 1. The Balaban J connectivity index is 1.83. The van der Waals surface area contributed by atoms with Crippen LogP contribution in [0.2, 0.25) is 0 Å². The maximum atomic E-state index is 5.19. The number of nitrogens with zero attached hydrogens (tertiary/aromatic N) is 2. The Bertz CT molecular complexity index is 585. The molecule has 19 heavy (non-hydrogen) atoms. The van der Waals surface area contributed by atoms with E-state index in [0.717, 1.165) is 15.9 Å². The number of ether oxygens (including phenoxy) is 1. The second-order valence-electron chi connectivity index (χ2n) is 4.73. The van der Waals surface area contributed by atoms with Crippen molar-refractivity contribution in [2.75, 3.05) is 14.2 Å². The van der Waals surface area contributed by atoms with Crippen molar-refractivity contribution in [2.45, 2.75) is 12.1 Å². The smallest absolute Gasteiger partial charge is 0.118 e. The summed E-state index contributed by atoms with van der Waals surface area (Å²) < 4.78 is 6.27. The van der Waals surface area contributed by atoms with Crippen LogP contribution in [0.25, 0.3) is 0 Å². The standard InChI is InChI=1S/C15H15BrN2O/c1-18-14(10-3-5-12(19-2)6-4-10)15(18)13-9-11(16)7-8-17-13/h3-9,14-15H,1-2H3. The van der Waals surface area contributed by atoms with Crippen LogP contribution in [-0.2, 0) is 0 Å². The third-order valence-corrected chi connectivity index (χ3v) is 4.08. The molecule has 0 aliphatic carbocycles. The minimum atomic E-state index is 0.367. The van der Waals surface area contributed by atoms with Crippen molar-refractivity contribution in [1.29, 1.82) is 0 Å². The van der Waals surface area contributed by atoms with Gasteiger partial charge in [0.2, 0.25) is 0 Å². The number of methoxy groups -OCH3 is 1. The van der Waals surface area contributed by atoms with E-state index in [1.54, 1.807) is 7.11 Å². The molecular formula is C15H15BrN2O. The maximum absolute atomic E-state index is 5.19. The molecule has 0 radical (unpaired) electrons. The van der Waals surface area contributed by atoms with Crippen LogP contribution in [-0.4, -0.2) is 24.0 Å². The lowest BCUT2D eigenvalue weighted by molar-refractivity contribution is 0.414. The second-order valence-corrected chi connectivity index (χ2v) is 5.64. The van der Waals surface area contributed by atoms with E-state index in [1.165, 1.54) is 5.56 Å². The van der Waals surface area contributed by atoms with Crippen molar-refractivity contribution in [2.24, 2.45) is 0 Å². The van der Waals surface area contributed by atoms with Crippen molar-refractivity contribution in [3.63, 3.8) is 0 Å². The topological polar surface area (TPSA) is 25.1 Å². The minimum Gasteiger partial charge on any atom is -0.497 e. The third-order valence-electron chi connectivity index (χ3n) is 3.59. The maximum Gasteiger partial charge on any atom is 0.118 e. The van der Waals surface area contributed by atoms with Gasteiger partial charge in [0, 0.05) is 10.7 Å². The first-order valence-corrected chi connectivity index (χ1v) is 6.97. The van der Waals surface area contributed by atoms with Gasteiger partial charge in [0.25, 0.3) is 0 Å². The zero-order valence-electron chi connectivity index (χ0n) is 10.9. The largest absolute Gasteiger partial charge is 0.497 e. The van der Waals surface area contributed by atoms with E-state index in [9.17, 15) is 0 Å². The van der Waals surface area contributed by atoms with Gasteiger partial charge >= 0.3 is 0 Å². The molecule has 0 N–H and O–H groups in total. The van der Waals surface area contributed by atoms with Gasteiger partial charge in [-0.25, -0.2) is 0 Å². The molecule has 3 rings (SSSR count). The summed E-state index contributed by atoms with van der Waals surface area (Å²) in [6, 6.07) is 13.1. The monoisotopic (exact) mass is 318 g/mol. The van der Waals surface area contributed by atoms with Crippen LogP contribution in [0.15, 0.2) is 47.1 Å². The number of halogens is 1. The molecular weight excluding hydrogens is 304 g/mol. The van der Waals surface area contributed by atoms with Crippen LogP contribution in [0.3, 0.4) is 0 Å². The van der Waals surface area contributed by atoms with E-state index >= 15 is 0 Å². The van der Waals surface area contributed by atoms with Gasteiger partial charge < -0.3 is 4.74 Å². The van der Waals surface area contributed by atoms with Crippen molar-refractivity contribution < 1.29 is 4.74 Å². The average Bonchev–Trinajstić information content (AvgIpc) is 3.10. The second kappa shape index (κ2) is 4.94. The zero-order valence-corrected chi connectivity index (χ0v) is 12.5. The molecule has 2 aromatic rings. The summed E-state index contributed by atoms with van der Waals surface area (Å²) in [5.41, 5.74) is 2.41. The summed E-state index contributed by atoms with van der Waals surface area (Å²) in [6.07, 6.45) is 1.84. The molecule has 4 heteroatoms. The molecule has 1 saturated heterocycles. The molecule has 0 bridgehead atoms. The van der Waals surface area contributed by atoms with Gasteiger partial charge in [-0.05, 0) is 36.9 Å². The molecule has 2 heterocycles. The Labute approximate surface area is 121 Å². The number of hydrogen-bond acceptors (Lipinski definition) is 3.